The first-order valence-corrected chi connectivity index (χ1v) is 4.48. The Morgan fingerprint density at radius 2 is 2.57 bits per heavy atom. The zero-order chi connectivity index (χ0) is 10.4. The number of unbranched alkanes of at least 4 members (excludes halogenated alkanes) is 1. The van der Waals surface area contributed by atoms with E-state index in [-0.39, 0.29) is 5.91 Å². The minimum Gasteiger partial charge on any atom is -0.340 e. The third-order valence-electron chi connectivity index (χ3n) is 1.88. The van der Waals surface area contributed by atoms with Gasteiger partial charge in [-0.3, -0.25) is 4.79 Å². The summed E-state index contributed by atoms with van der Waals surface area (Å²) >= 11 is 0. The van der Waals surface area contributed by atoms with Crippen LogP contribution in [0.1, 0.15) is 23.3 Å². The van der Waals surface area contributed by atoms with E-state index in [0.29, 0.717) is 12.2 Å². The number of nitrogens with zero attached hydrogens (tertiary/aromatic N) is 3. The van der Waals surface area contributed by atoms with E-state index in [2.05, 4.69) is 22.0 Å². The van der Waals surface area contributed by atoms with E-state index in [4.69, 9.17) is 0 Å². The van der Waals surface area contributed by atoms with Crippen molar-refractivity contribution in [1.29, 1.82) is 0 Å². The highest BCUT2D eigenvalue weighted by atomic mass is 16.2. The van der Waals surface area contributed by atoms with Crippen molar-refractivity contribution in [3.05, 3.63) is 24.5 Å². The number of carbonyl (C=O) groups is 1. The maximum Gasteiger partial charge on any atom is 0.275 e. The minimum atomic E-state index is -0.109. The molecule has 1 heterocycles. The highest BCUT2D eigenvalue weighted by molar-refractivity contribution is 5.91. The molecule has 1 amide bonds. The molecule has 1 N–H and O–H groups in total. The standard InChI is InChI=1S/C9H14N4O/c1-3-4-5-6-13(2)9(14)8-7-10-12-11-8/h3,7H,1,4-6H2,2H3,(H,10,11,12). The molecule has 5 heteroatoms. The third kappa shape index (κ3) is 2.69. The quantitative estimate of drug-likeness (QED) is 0.558. The van der Waals surface area contributed by atoms with Gasteiger partial charge in [-0.25, -0.2) is 0 Å². The average molecular weight is 194 g/mol. The Balaban J connectivity index is 2.41. The Hall–Kier alpha value is -1.65. The molecule has 0 aliphatic heterocycles. The Morgan fingerprint density at radius 1 is 1.79 bits per heavy atom. The van der Waals surface area contributed by atoms with Crippen molar-refractivity contribution in [2.45, 2.75) is 12.8 Å². The molecule has 0 atom stereocenters. The number of rotatable bonds is 5. The van der Waals surface area contributed by atoms with Gasteiger partial charge in [-0.05, 0) is 12.8 Å². The summed E-state index contributed by atoms with van der Waals surface area (Å²) in [5, 5.41) is 9.71. The zero-order valence-corrected chi connectivity index (χ0v) is 8.23. The summed E-state index contributed by atoms with van der Waals surface area (Å²) < 4.78 is 0. The molecule has 0 fully saturated rings. The first-order valence-electron chi connectivity index (χ1n) is 4.48. The number of H-pyrrole nitrogens is 1. The highest BCUT2D eigenvalue weighted by Gasteiger charge is 2.12. The van der Waals surface area contributed by atoms with E-state index in [1.807, 2.05) is 6.08 Å². The molecule has 1 rings (SSSR count). The van der Waals surface area contributed by atoms with Crippen LogP contribution in [-0.4, -0.2) is 39.8 Å². The van der Waals surface area contributed by atoms with Gasteiger partial charge in [0.1, 0.15) is 0 Å². The van der Waals surface area contributed by atoms with Crippen molar-refractivity contribution >= 4 is 5.91 Å². The Morgan fingerprint density at radius 3 is 3.14 bits per heavy atom. The molecule has 14 heavy (non-hydrogen) atoms. The Bertz CT molecular complexity index is 294. The molecule has 0 spiro atoms. The maximum atomic E-state index is 11.6. The smallest absolute Gasteiger partial charge is 0.275 e. The minimum absolute atomic E-state index is 0.109. The van der Waals surface area contributed by atoms with Crippen LogP contribution in [0.25, 0.3) is 0 Å². The van der Waals surface area contributed by atoms with Gasteiger partial charge in [0.05, 0.1) is 6.20 Å². The number of aromatic nitrogens is 3. The molecule has 76 valence electrons. The van der Waals surface area contributed by atoms with Crippen molar-refractivity contribution < 1.29 is 4.79 Å². The molecular formula is C9H14N4O. The molecule has 0 saturated carbocycles. The van der Waals surface area contributed by atoms with Crippen LogP contribution in [0.15, 0.2) is 18.9 Å². The first-order chi connectivity index (χ1) is 6.75. The lowest BCUT2D eigenvalue weighted by atomic mass is 10.3. The second kappa shape index (κ2) is 5.16. The van der Waals surface area contributed by atoms with Gasteiger partial charge in [0, 0.05) is 13.6 Å². The summed E-state index contributed by atoms with van der Waals surface area (Å²) in [4.78, 5) is 13.2. The molecule has 0 aromatic carbocycles. The van der Waals surface area contributed by atoms with Crippen molar-refractivity contribution in [3.8, 4) is 0 Å². The van der Waals surface area contributed by atoms with Gasteiger partial charge in [0.15, 0.2) is 5.69 Å². The molecule has 0 unspecified atom stereocenters. The lowest BCUT2D eigenvalue weighted by Crippen LogP contribution is -2.27. The van der Waals surface area contributed by atoms with E-state index in [1.54, 1.807) is 11.9 Å². The van der Waals surface area contributed by atoms with Gasteiger partial charge in [-0.15, -0.1) is 6.58 Å². The molecule has 0 aliphatic carbocycles. The monoisotopic (exact) mass is 194 g/mol. The summed E-state index contributed by atoms with van der Waals surface area (Å²) in [5.74, 6) is -0.109. The fourth-order valence-electron chi connectivity index (χ4n) is 1.07. The topological polar surface area (TPSA) is 61.9 Å². The lowest BCUT2D eigenvalue weighted by molar-refractivity contribution is 0.0788. The van der Waals surface area contributed by atoms with Gasteiger partial charge in [0.25, 0.3) is 5.91 Å². The van der Waals surface area contributed by atoms with Crippen LogP contribution in [0, 0.1) is 0 Å². The number of hydrogen-bond donors (Lipinski definition) is 1. The third-order valence-corrected chi connectivity index (χ3v) is 1.88. The van der Waals surface area contributed by atoms with E-state index >= 15 is 0 Å². The second-order valence-electron chi connectivity index (χ2n) is 3.01. The average Bonchev–Trinajstić information content (AvgIpc) is 2.69. The van der Waals surface area contributed by atoms with Crippen LogP contribution >= 0.6 is 0 Å². The van der Waals surface area contributed by atoms with Crippen molar-refractivity contribution in [2.24, 2.45) is 0 Å². The fourth-order valence-corrected chi connectivity index (χ4v) is 1.07. The summed E-state index contributed by atoms with van der Waals surface area (Å²) in [6, 6.07) is 0. The van der Waals surface area contributed by atoms with Gasteiger partial charge < -0.3 is 4.90 Å². The second-order valence-corrected chi connectivity index (χ2v) is 3.01. The van der Waals surface area contributed by atoms with Gasteiger partial charge >= 0.3 is 0 Å². The molecule has 0 bridgehead atoms. The van der Waals surface area contributed by atoms with Crippen LogP contribution in [0.3, 0.4) is 0 Å². The fraction of sp³-hybridized carbons (Fsp3) is 0.444. The summed E-state index contributed by atoms with van der Waals surface area (Å²) in [7, 11) is 1.75. The van der Waals surface area contributed by atoms with Crippen LogP contribution in [0.5, 0.6) is 0 Å². The number of amides is 1. The van der Waals surface area contributed by atoms with Crippen LogP contribution in [0.4, 0.5) is 0 Å². The largest absolute Gasteiger partial charge is 0.340 e. The number of carbonyl (C=O) groups excluding carboxylic acids is 1. The lowest BCUT2D eigenvalue weighted by Gasteiger charge is -2.14. The highest BCUT2D eigenvalue weighted by Crippen LogP contribution is 1.99. The Kier molecular flexibility index (Phi) is 3.84. The molecule has 5 nitrogen and oxygen atoms in total. The molecule has 0 saturated heterocycles. The molecule has 1 aromatic rings. The van der Waals surface area contributed by atoms with Crippen LogP contribution < -0.4 is 0 Å². The normalized spacial score (nSPS) is 9.79. The zero-order valence-electron chi connectivity index (χ0n) is 8.23. The Labute approximate surface area is 82.8 Å². The first kappa shape index (κ1) is 10.4. The van der Waals surface area contributed by atoms with E-state index < -0.39 is 0 Å². The summed E-state index contributed by atoms with van der Waals surface area (Å²) in [6.45, 7) is 4.33. The summed E-state index contributed by atoms with van der Waals surface area (Å²) in [5.41, 5.74) is 0.353. The summed E-state index contributed by atoms with van der Waals surface area (Å²) in [6.07, 6.45) is 5.10. The SMILES string of the molecule is C=CCCCN(C)C(=O)c1cn[nH]n1. The van der Waals surface area contributed by atoms with Crippen molar-refractivity contribution in [3.63, 3.8) is 0 Å². The predicted molar refractivity (Wildman–Crippen MR) is 52.8 cm³/mol. The van der Waals surface area contributed by atoms with Gasteiger partial charge in [-0.2, -0.15) is 15.4 Å². The maximum absolute atomic E-state index is 11.6. The molecule has 0 radical (unpaired) electrons. The van der Waals surface area contributed by atoms with E-state index in [1.165, 1.54) is 6.20 Å². The van der Waals surface area contributed by atoms with E-state index in [0.717, 1.165) is 12.8 Å². The molecular weight excluding hydrogens is 180 g/mol. The van der Waals surface area contributed by atoms with Crippen molar-refractivity contribution in [2.75, 3.05) is 13.6 Å². The predicted octanol–water partition coefficient (Wildman–Crippen LogP) is 0.843. The van der Waals surface area contributed by atoms with Crippen LogP contribution in [-0.2, 0) is 0 Å². The molecule has 0 aliphatic rings. The van der Waals surface area contributed by atoms with Crippen LogP contribution in [0.2, 0.25) is 0 Å². The number of allylic oxidation sites excluding steroid dienone is 1. The molecule has 1 aromatic heterocycles. The number of aromatic amines is 1. The van der Waals surface area contributed by atoms with Gasteiger partial charge in [-0.1, -0.05) is 6.08 Å². The van der Waals surface area contributed by atoms with E-state index in [9.17, 15) is 4.79 Å². The number of nitrogens with one attached hydrogen (secondary N) is 1. The van der Waals surface area contributed by atoms with Gasteiger partial charge in [0.2, 0.25) is 0 Å². The van der Waals surface area contributed by atoms with Crippen molar-refractivity contribution in [1.82, 2.24) is 20.3 Å². The number of hydrogen-bond acceptors (Lipinski definition) is 3.